The fourth-order valence-electron chi connectivity index (χ4n) is 5.02. The second-order valence-corrected chi connectivity index (χ2v) is 8.78. The van der Waals surface area contributed by atoms with E-state index in [1.165, 1.54) is 10.9 Å². The lowest BCUT2D eigenvalue weighted by Gasteiger charge is -2.14. The number of rotatable bonds is 4. The van der Waals surface area contributed by atoms with Crippen molar-refractivity contribution < 1.29 is 0 Å². The minimum Gasteiger partial charge on any atom is -0.278 e. The molecule has 172 valence electrons. The summed E-state index contributed by atoms with van der Waals surface area (Å²) >= 11 is 0. The van der Waals surface area contributed by atoms with Gasteiger partial charge >= 0.3 is 0 Å². The molecule has 3 aromatic heterocycles. The molecule has 0 N–H and O–H groups in total. The Balaban J connectivity index is 1.50. The van der Waals surface area contributed by atoms with Gasteiger partial charge in [-0.2, -0.15) is 0 Å². The van der Waals surface area contributed by atoms with E-state index in [4.69, 9.17) is 10.1 Å². The summed E-state index contributed by atoms with van der Waals surface area (Å²) in [6.07, 6.45) is 8.26. The highest BCUT2D eigenvalue weighted by molar-refractivity contribution is 5.90. The lowest BCUT2D eigenvalue weighted by atomic mass is 10.0. The zero-order valence-electron chi connectivity index (χ0n) is 19.5. The van der Waals surface area contributed by atoms with Gasteiger partial charge in [0.1, 0.15) is 0 Å². The highest BCUT2D eigenvalue weighted by Crippen LogP contribution is 2.35. The summed E-state index contributed by atoms with van der Waals surface area (Å²) in [7, 11) is 0. The van der Waals surface area contributed by atoms with E-state index in [-0.39, 0.29) is 0 Å². The summed E-state index contributed by atoms with van der Waals surface area (Å²) in [6.45, 7) is 0. The quantitative estimate of drug-likeness (QED) is 0.306. The van der Waals surface area contributed by atoms with Crippen LogP contribution < -0.4 is 0 Å². The molecule has 0 bridgehead atoms. The monoisotopic (exact) mass is 466 g/mol. The Morgan fingerprint density at radius 3 is 2.36 bits per heavy atom. The SMILES string of the molecule is C1=Cc2c(c3ccccc3n2-c2nnc(-c3nccc(-c4ccccc4)n3)n2-c2ccccc2)CC1. The predicted molar refractivity (Wildman–Crippen MR) is 142 cm³/mol. The Bertz CT molecular complexity index is 1730. The zero-order chi connectivity index (χ0) is 23.9. The number of para-hydroxylation sites is 2. The Morgan fingerprint density at radius 2 is 1.50 bits per heavy atom. The molecule has 0 aliphatic heterocycles. The number of hydrogen-bond acceptors (Lipinski definition) is 4. The number of aryl methyl sites for hydroxylation is 1. The summed E-state index contributed by atoms with van der Waals surface area (Å²) < 4.78 is 4.27. The van der Waals surface area contributed by atoms with Crippen molar-refractivity contribution in [3.8, 4) is 34.5 Å². The molecule has 0 saturated carbocycles. The van der Waals surface area contributed by atoms with Crippen molar-refractivity contribution in [3.63, 3.8) is 0 Å². The molecule has 0 atom stereocenters. The van der Waals surface area contributed by atoms with Gasteiger partial charge in [-0.1, -0.05) is 72.8 Å². The molecule has 0 unspecified atom stereocenters. The van der Waals surface area contributed by atoms with Crippen LogP contribution in [0.3, 0.4) is 0 Å². The minimum absolute atomic E-state index is 0.528. The summed E-state index contributed by atoms with van der Waals surface area (Å²) in [5, 5.41) is 10.6. The van der Waals surface area contributed by atoms with Crippen LogP contribution in [0.2, 0.25) is 0 Å². The maximum absolute atomic E-state index is 4.89. The molecule has 3 heterocycles. The van der Waals surface area contributed by atoms with E-state index in [0.717, 1.165) is 41.0 Å². The van der Waals surface area contributed by atoms with Gasteiger partial charge in [-0.05, 0) is 48.7 Å². The van der Waals surface area contributed by atoms with Crippen molar-refractivity contribution in [3.05, 3.63) is 115 Å². The Kier molecular flexibility index (Phi) is 4.81. The van der Waals surface area contributed by atoms with Crippen LogP contribution in [0.15, 0.2) is 103 Å². The zero-order valence-corrected chi connectivity index (χ0v) is 19.5. The van der Waals surface area contributed by atoms with Crippen LogP contribution in [-0.4, -0.2) is 29.3 Å². The molecule has 1 aliphatic rings. The van der Waals surface area contributed by atoms with Gasteiger partial charge in [0, 0.05) is 17.1 Å². The lowest BCUT2D eigenvalue weighted by Crippen LogP contribution is -2.09. The van der Waals surface area contributed by atoms with Crippen molar-refractivity contribution in [2.75, 3.05) is 0 Å². The van der Waals surface area contributed by atoms with E-state index in [0.29, 0.717) is 17.6 Å². The first-order valence-electron chi connectivity index (χ1n) is 12.1. The van der Waals surface area contributed by atoms with Crippen LogP contribution in [0.1, 0.15) is 17.7 Å². The highest BCUT2D eigenvalue weighted by atomic mass is 15.4. The number of nitrogens with zero attached hydrogens (tertiary/aromatic N) is 6. The largest absolute Gasteiger partial charge is 0.278 e. The maximum atomic E-state index is 4.89. The van der Waals surface area contributed by atoms with Crippen molar-refractivity contribution in [1.82, 2.24) is 29.3 Å². The van der Waals surface area contributed by atoms with Crippen molar-refractivity contribution in [2.24, 2.45) is 0 Å². The Hall–Kier alpha value is -4.84. The number of fused-ring (bicyclic) bond motifs is 3. The van der Waals surface area contributed by atoms with Crippen molar-refractivity contribution in [1.29, 1.82) is 0 Å². The molecule has 0 saturated heterocycles. The second-order valence-electron chi connectivity index (χ2n) is 8.78. The fraction of sp³-hybridized carbons (Fsp3) is 0.0667. The topological polar surface area (TPSA) is 61.4 Å². The molecule has 36 heavy (non-hydrogen) atoms. The van der Waals surface area contributed by atoms with Gasteiger partial charge in [0.25, 0.3) is 0 Å². The van der Waals surface area contributed by atoms with Crippen LogP contribution in [0.25, 0.3) is 51.5 Å². The van der Waals surface area contributed by atoms with Gasteiger partial charge in [-0.15, -0.1) is 10.2 Å². The number of aromatic nitrogens is 6. The lowest BCUT2D eigenvalue weighted by molar-refractivity contribution is 0.884. The van der Waals surface area contributed by atoms with Gasteiger partial charge in [0.2, 0.25) is 11.8 Å². The second kappa shape index (κ2) is 8.43. The van der Waals surface area contributed by atoms with Gasteiger partial charge in [0.05, 0.1) is 22.6 Å². The third kappa shape index (κ3) is 3.26. The van der Waals surface area contributed by atoms with Gasteiger partial charge in [-0.25, -0.2) is 9.97 Å². The Morgan fingerprint density at radius 1 is 0.722 bits per heavy atom. The normalized spacial score (nSPS) is 12.7. The molecular formula is C30H22N6. The number of hydrogen-bond donors (Lipinski definition) is 0. The first-order valence-corrected chi connectivity index (χ1v) is 12.1. The van der Waals surface area contributed by atoms with Crippen LogP contribution in [0.4, 0.5) is 0 Å². The highest BCUT2D eigenvalue weighted by Gasteiger charge is 2.25. The molecule has 7 rings (SSSR count). The van der Waals surface area contributed by atoms with Gasteiger partial charge in [0.15, 0.2) is 5.82 Å². The average molecular weight is 467 g/mol. The third-order valence-electron chi connectivity index (χ3n) is 6.64. The molecule has 0 spiro atoms. The fourth-order valence-corrected chi connectivity index (χ4v) is 5.02. The molecule has 6 heteroatoms. The number of allylic oxidation sites excluding steroid dienone is 1. The van der Waals surface area contributed by atoms with E-state index >= 15 is 0 Å². The molecule has 3 aromatic carbocycles. The predicted octanol–water partition coefficient (Wildman–Crippen LogP) is 6.29. The minimum atomic E-state index is 0.528. The van der Waals surface area contributed by atoms with Gasteiger partial charge < -0.3 is 0 Å². The average Bonchev–Trinajstić information content (AvgIpc) is 3.53. The molecule has 0 radical (unpaired) electrons. The van der Waals surface area contributed by atoms with Crippen LogP contribution in [0.5, 0.6) is 0 Å². The van der Waals surface area contributed by atoms with Crippen molar-refractivity contribution in [2.45, 2.75) is 12.8 Å². The van der Waals surface area contributed by atoms with Gasteiger partial charge in [-0.3, -0.25) is 9.13 Å². The number of benzene rings is 3. The molecule has 0 amide bonds. The first-order chi connectivity index (χ1) is 17.9. The molecule has 0 fully saturated rings. The van der Waals surface area contributed by atoms with Crippen LogP contribution in [-0.2, 0) is 6.42 Å². The summed E-state index contributed by atoms with van der Waals surface area (Å²) in [6, 6.07) is 30.7. The third-order valence-corrected chi connectivity index (χ3v) is 6.64. The van der Waals surface area contributed by atoms with E-state index in [1.807, 2.05) is 54.6 Å². The smallest absolute Gasteiger partial charge is 0.241 e. The molecule has 6 nitrogen and oxygen atoms in total. The summed E-state index contributed by atoms with van der Waals surface area (Å²) in [5.41, 5.74) is 6.44. The standard InChI is InChI=1S/C30H22N6/c1-3-11-21(12-4-1)25-19-20-31-28(32-25)29-33-34-30(35(29)22-13-5-2-6-14-22)36-26-17-9-7-15-23(26)24-16-8-10-18-27(24)36/h1-7,9-15,17-20H,8,16H2. The van der Waals surface area contributed by atoms with E-state index in [2.05, 4.69) is 67.8 Å². The van der Waals surface area contributed by atoms with Crippen LogP contribution in [0, 0.1) is 0 Å². The molecule has 1 aliphatic carbocycles. The van der Waals surface area contributed by atoms with E-state index in [1.54, 1.807) is 6.20 Å². The van der Waals surface area contributed by atoms with Crippen molar-refractivity contribution >= 4 is 17.0 Å². The molecular weight excluding hydrogens is 444 g/mol. The molecule has 6 aromatic rings. The van der Waals surface area contributed by atoms with E-state index < -0.39 is 0 Å². The first kappa shape index (κ1) is 20.5. The van der Waals surface area contributed by atoms with E-state index in [9.17, 15) is 0 Å². The maximum Gasteiger partial charge on any atom is 0.241 e. The van der Waals surface area contributed by atoms with Crippen LogP contribution >= 0.6 is 0 Å². The summed E-state index contributed by atoms with van der Waals surface area (Å²) in [5.74, 6) is 1.84. The Labute approximate surface area is 208 Å². The summed E-state index contributed by atoms with van der Waals surface area (Å²) in [4.78, 5) is 9.49.